The Morgan fingerprint density at radius 3 is 2.62 bits per heavy atom. The summed E-state index contributed by atoms with van der Waals surface area (Å²) in [6.07, 6.45) is 2.84. The smallest absolute Gasteiger partial charge is 0.410 e. The molecule has 26 heavy (non-hydrogen) atoms. The largest absolute Gasteiger partial charge is 0.444 e. The second kappa shape index (κ2) is 7.05. The summed E-state index contributed by atoms with van der Waals surface area (Å²) in [5.74, 6) is 0.409. The zero-order valence-corrected chi connectivity index (χ0v) is 15.7. The SMILES string of the molecule is CN(c1ncnc2ccc(F)cc12)C1CCN(C(=O)OC(C)(C)C)CC1. The molecule has 1 aliphatic rings. The average Bonchev–Trinajstić information content (AvgIpc) is 2.59. The lowest BCUT2D eigenvalue weighted by molar-refractivity contribution is 0.0205. The first-order chi connectivity index (χ1) is 12.2. The van der Waals surface area contributed by atoms with E-state index in [0.717, 1.165) is 18.4 Å². The number of hydrogen-bond donors (Lipinski definition) is 0. The maximum Gasteiger partial charge on any atom is 0.410 e. The molecule has 2 aromatic rings. The van der Waals surface area contributed by atoms with Crippen LogP contribution in [0, 0.1) is 5.82 Å². The van der Waals surface area contributed by atoms with Crippen LogP contribution in [0.5, 0.6) is 0 Å². The van der Waals surface area contributed by atoms with Crippen LogP contribution in [-0.4, -0.2) is 52.7 Å². The van der Waals surface area contributed by atoms with Gasteiger partial charge in [-0.3, -0.25) is 0 Å². The lowest BCUT2D eigenvalue weighted by atomic mass is 10.0. The number of anilines is 1. The molecule has 0 unspecified atom stereocenters. The van der Waals surface area contributed by atoms with Gasteiger partial charge in [-0.25, -0.2) is 19.2 Å². The van der Waals surface area contributed by atoms with Crippen molar-refractivity contribution in [2.75, 3.05) is 25.0 Å². The highest BCUT2D eigenvalue weighted by Gasteiger charge is 2.29. The van der Waals surface area contributed by atoms with Gasteiger partial charge in [-0.05, 0) is 51.8 Å². The van der Waals surface area contributed by atoms with Gasteiger partial charge in [0.05, 0.1) is 5.52 Å². The normalized spacial score (nSPS) is 16.0. The number of fused-ring (bicyclic) bond motifs is 1. The zero-order valence-electron chi connectivity index (χ0n) is 15.7. The van der Waals surface area contributed by atoms with Gasteiger partial charge in [0, 0.05) is 31.6 Å². The molecule has 0 saturated carbocycles. The predicted molar refractivity (Wildman–Crippen MR) is 98.7 cm³/mol. The van der Waals surface area contributed by atoms with Crippen LogP contribution in [0.15, 0.2) is 24.5 Å². The molecule has 2 heterocycles. The Balaban J connectivity index is 1.70. The lowest BCUT2D eigenvalue weighted by Gasteiger charge is -2.38. The Bertz CT molecular complexity index is 798. The number of likely N-dealkylation sites (tertiary alicyclic amines) is 1. The molecule has 0 bridgehead atoms. The highest BCUT2D eigenvalue weighted by atomic mass is 19.1. The van der Waals surface area contributed by atoms with Gasteiger partial charge in [0.1, 0.15) is 23.6 Å². The first kappa shape index (κ1) is 18.4. The Morgan fingerprint density at radius 2 is 1.96 bits per heavy atom. The van der Waals surface area contributed by atoms with Gasteiger partial charge in [-0.2, -0.15) is 0 Å². The fourth-order valence-corrected chi connectivity index (χ4v) is 3.23. The van der Waals surface area contributed by atoms with Crippen molar-refractivity contribution in [2.45, 2.75) is 45.3 Å². The number of aromatic nitrogens is 2. The zero-order chi connectivity index (χ0) is 18.9. The molecule has 140 valence electrons. The van der Waals surface area contributed by atoms with Crippen molar-refractivity contribution in [3.8, 4) is 0 Å². The van der Waals surface area contributed by atoms with Gasteiger partial charge in [0.15, 0.2) is 0 Å². The Hall–Kier alpha value is -2.44. The fraction of sp³-hybridized carbons (Fsp3) is 0.526. The first-order valence-corrected chi connectivity index (χ1v) is 8.85. The molecule has 0 atom stereocenters. The standard InChI is InChI=1S/C19H25FN4O2/c1-19(2,3)26-18(25)24-9-7-14(8-10-24)23(4)17-15-11-13(20)5-6-16(15)21-12-22-17/h5-6,11-12,14H,7-10H2,1-4H3. The van der Waals surface area contributed by atoms with E-state index in [1.165, 1.54) is 18.5 Å². The number of amides is 1. The molecule has 1 amide bonds. The fourth-order valence-electron chi connectivity index (χ4n) is 3.23. The lowest BCUT2D eigenvalue weighted by Crippen LogP contribution is -2.47. The van der Waals surface area contributed by atoms with E-state index in [1.807, 2.05) is 27.8 Å². The highest BCUT2D eigenvalue weighted by Crippen LogP contribution is 2.27. The Kier molecular flexibility index (Phi) is 4.98. The van der Waals surface area contributed by atoms with Crippen molar-refractivity contribution >= 4 is 22.8 Å². The van der Waals surface area contributed by atoms with Gasteiger partial charge in [0.2, 0.25) is 0 Å². The number of ether oxygens (including phenoxy) is 1. The molecule has 0 N–H and O–H groups in total. The number of carbonyl (C=O) groups excluding carboxylic acids is 1. The minimum atomic E-state index is -0.491. The van der Waals surface area contributed by atoms with E-state index >= 15 is 0 Å². The summed E-state index contributed by atoms with van der Waals surface area (Å²) in [5.41, 5.74) is 0.226. The molecule has 0 spiro atoms. The number of benzene rings is 1. The minimum absolute atomic E-state index is 0.218. The molecule has 3 rings (SSSR count). The molecule has 1 fully saturated rings. The molecule has 0 radical (unpaired) electrons. The maximum atomic E-state index is 13.7. The molecule has 1 aliphatic heterocycles. The van der Waals surface area contributed by atoms with E-state index in [9.17, 15) is 9.18 Å². The van der Waals surface area contributed by atoms with Crippen molar-refractivity contribution in [1.29, 1.82) is 0 Å². The van der Waals surface area contributed by atoms with Crippen molar-refractivity contribution in [3.05, 3.63) is 30.3 Å². The van der Waals surface area contributed by atoms with Crippen LogP contribution in [0.2, 0.25) is 0 Å². The average molecular weight is 360 g/mol. The van der Waals surface area contributed by atoms with E-state index in [0.29, 0.717) is 24.3 Å². The summed E-state index contributed by atoms with van der Waals surface area (Å²) in [6, 6.07) is 4.75. The number of nitrogens with zero attached hydrogens (tertiary/aromatic N) is 4. The van der Waals surface area contributed by atoms with Crippen molar-refractivity contribution in [2.24, 2.45) is 0 Å². The second-order valence-electron chi connectivity index (χ2n) is 7.67. The van der Waals surface area contributed by atoms with Crippen LogP contribution < -0.4 is 4.90 Å². The molecule has 0 aliphatic carbocycles. The van der Waals surface area contributed by atoms with Gasteiger partial charge in [-0.15, -0.1) is 0 Å². The second-order valence-corrected chi connectivity index (χ2v) is 7.67. The summed E-state index contributed by atoms with van der Waals surface area (Å²) in [5, 5.41) is 0.699. The molecule has 1 saturated heterocycles. The molecular formula is C19H25FN4O2. The van der Waals surface area contributed by atoms with Crippen LogP contribution in [0.4, 0.5) is 15.0 Å². The summed E-state index contributed by atoms with van der Waals surface area (Å²) >= 11 is 0. The van der Waals surface area contributed by atoms with Crippen LogP contribution >= 0.6 is 0 Å². The summed E-state index contributed by atoms with van der Waals surface area (Å²) in [7, 11) is 1.96. The summed E-state index contributed by atoms with van der Waals surface area (Å²) in [6.45, 7) is 6.85. The van der Waals surface area contributed by atoms with Gasteiger partial charge in [-0.1, -0.05) is 0 Å². The van der Waals surface area contributed by atoms with Crippen molar-refractivity contribution in [3.63, 3.8) is 0 Å². The molecule has 1 aromatic carbocycles. The van der Waals surface area contributed by atoms with E-state index in [-0.39, 0.29) is 18.0 Å². The van der Waals surface area contributed by atoms with Crippen molar-refractivity contribution < 1.29 is 13.9 Å². The topological polar surface area (TPSA) is 58.6 Å². The minimum Gasteiger partial charge on any atom is -0.444 e. The summed E-state index contributed by atoms with van der Waals surface area (Å²) in [4.78, 5) is 24.6. The van der Waals surface area contributed by atoms with Gasteiger partial charge < -0.3 is 14.5 Å². The maximum absolute atomic E-state index is 13.7. The van der Waals surface area contributed by atoms with Crippen LogP contribution in [-0.2, 0) is 4.74 Å². The predicted octanol–water partition coefficient (Wildman–Crippen LogP) is 3.60. The third-order valence-electron chi connectivity index (χ3n) is 4.57. The monoisotopic (exact) mass is 360 g/mol. The number of piperidine rings is 1. The van der Waals surface area contributed by atoms with Gasteiger partial charge in [0.25, 0.3) is 0 Å². The van der Waals surface area contributed by atoms with Crippen LogP contribution in [0.3, 0.4) is 0 Å². The van der Waals surface area contributed by atoms with E-state index in [2.05, 4.69) is 14.9 Å². The Labute approximate surface area is 153 Å². The van der Waals surface area contributed by atoms with Gasteiger partial charge >= 0.3 is 6.09 Å². The first-order valence-electron chi connectivity index (χ1n) is 8.85. The number of hydrogen-bond acceptors (Lipinski definition) is 5. The van der Waals surface area contributed by atoms with E-state index in [1.54, 1.807) is 11.0 Å². The number of halogens is 1. The number of carbonyl (C=O) groups is 1. The van der Waals surface area contributed by atoms with Crippen molar-refractivity contribution in [1.82, 2.24) is 14.9 Å². The third-order valence-corrected chi connectivity index (χ3v) is 4.57. The quantitative estimate of drug-likeness (QED) is 0.819. The highest BCUT2D eigenvalue weighted by molar-refractivity contribution is 5.89. The third kappa shape index (κ3) is 4.03. The van der Waals surface area contributed by atoms with E-state index in [4.69, 9.17) is 4.74 Å². The molecular weight excluding hydrogens is 335 g/mol. The van der Waals surface area contributed by atoms with E-state index < -0.39 is 5.60 Å². The van der Waals surface area contributed by atoms with Crippen LogP contribution in [0.1, 0.15) is 33.6 Å². The molecule has 7 heteroatoms. The Morgan fingerprint density at radius 1 is 1.27 bits per heavy atom. The molecule has 1 aromatic heterocycles. The summed E-state index contributed by atoms with van der Waals surface area (Å²) < 4.78 is 19.1. The van der Waals surface area contributed by atoms with Crippen LogP contribution in [0.25, 0.3) is 10.9 Å². The number of rotatable bonds is 2. The molecule has 6 nitrogen and oxygen atoms in total.